The summed E-state index contributed by atoms with van der Waals surface area (Å²) in [4.78, 5) is 23.1. The van der Waals surface area contributed by atoms with E-state index in [1.807, 2.05) is 6.07 Å². The molecule has 0 radical (unpaired) electrons. The van der Waals surface area contributed by atoms with Crippen molar-refractivity contribution in [2.24, 2.45) is 0 Å². The van der Waals surface area contributed by atoms with E-state index in [1.54, 1.807) is 19.1 Å². The molecule has 0 aliphatic heterocycles. The SMILES string of the molecule is C=C(C)C(=O)OCCCCCCCCCCCOc1ccc(-c2ncncn2)c(O)c1. The van der Waals surface area contributed by atoms with Crippen LogP contribution in [-0.2, 0) is 9.53 Å². The van der Waals surface area contributed by atoms with Gasteiger partial charge in [0, 0.05) is 11.6 Å². The van der Waals surface area contributed by atoms with Gasteiger partial charge in [-0.2, -0.15) is 0 Å². The van der Waals surface area contributed by atoms with E-state index in [2.05, 4.69) is 21.5 Å². The number of hydrogen-bond acceptors (Lipinski definition) is 7. The van der Waals surface area contributed by atoms with Crippen LogP contribution < -0.4 is 4.74 Å². The second-order valence-electron chi connectivity index (χ2n) is 7.59. The number of carbonyl (C=O) groups is 1. The summed E-state index contributed by atoms with van der Waals surface area (Å²) in [5, 5.41) is 10.2. The molecule has 0 fully saturated rings. The summed E-state index contributed by atoms with van der Waals surface area (Å²) in [5.41, 5.74) is 1.01. The maximum atomic E-state index is 11.2. The summed E-state index contributed by atoms with van der Waals surface area (Å²) >= 11 is 0. The molecule has 7 heteroatoms. The van der Waals surface area contributed by atoms with Gasteiger partial charge in [-0.25, -0.2) is 19.7 Å². The van der Waals surface area contributed by atoms with Crippen LogP contribution in [0.15, 0.2) is 43.0 Å². The fraction of sp³-hybridized carbons (Fsp3) is 0.500. The number of phenolic OH excluding ortho intramolecular Hbond substituents is 1. The molecule has 1 N–H and O–H groups in total. The molecule has 31 heavy (non-hydrogen) atoms. The Balaban J connectivity index is 1.46. The number of hydrogen-bond donors (Lipinski definition) is 1. The molecular weight excluding hydrogens is 394 g/mol. The number of esters is 1. The zero-order chi connectivity index (χ0) is 22.3. The van der Waals surface area contributed by atoms with Gasteiger partial charge in [0.25, 0.3) is 0 Å². The second kappa shape index (κ2) is 14.1. The number of rotatable bonds is 15. The van der Waals surface area contributed by atoms with E-state index in [0.717, 1.165) is 25.7 Å². The number of benzene rings is 1. The highest BCUT2D eigenvalue weighted by atomic mass is 16.5. The molecule has 7 nitrogen and oxygen atoms in total. The zero-order valence-electron chi connectivity index (χ0n) is 18.4. The van der Waals surface area contributed by atoms with E-state index in [9.17, 15) is 9.90 Å². The fourth-order valence-electron chi connectivity index (χ4n) is 3.09. The van der Waals surface area contributed by atoms with Gasteiger partial charge in [-0.3, -0.25) is 0 Å². The lowest BCUT2D eigenvalue weighted by atomic mass is 10.1. The third-order valence-corrected chi connectivity index (χ3v) is 4.84. The van der Waals surface area contributed by atoms with Gasteiger partial charge in [0.15, 0.2) is 5.82 Å². The molecule has 0 saturated heterocycles. The van der Waals surface area contributed by atoms with Crippen molar-refractivity contribution in [2.75, 3.05) is 13.2 Å². The summed E-state index contributed by atoms with van der Waals surface area (Å²) < 4.78 is 10.8. The van der Waals surface area contributed by atoms with Crippen LogP contribution in [0, 0.1) is 0 Å². The molecule has 1 aromatic carbocycles. The van der Waals surface area contributed by atoms with Crippen LogP contribution in [0.4, 0.5) is 0 Å². The first-order valence-corrected chi connectivity index (χ1v) is 11.0. The van der Waals surface area contributed by atoms with Crippen molar-refractivity contribution in [3.8, 4) is 22.9 Å². The van der Waals surface area contributed by atoms with Crippen molar-refractivity contribution >= 4 is 5.97 Å². The maximum absolute atomic E-state index is 11.2. The van der Waals surface area contributed by atoms with E-state index in [0.29, 0.717) is 35.9 Å². The Hall–Kier alpha value is -2.96. The minimum absolute atomic E-state index is 0.0951. The monoisotopic (exact) mass is 427 g/mol. The minimum Gasteiger partial charge on any atom is -0.507 e. The summed E-state index contributed by atoms with van der Waals surface area (Å²) in [6.45, 7) is 6.35. The van der Waals surface area contributed by atoms with Crippen LogP contribution >= 0.6 is 0 Å². The highest BCUT2D eigenvalue weighted by Crippen LogP contribution is 2.30. The number of unbranched alkanes of at least 4 members (excludes halogenated alkanes) is 8. The zero-order valence-corrected chi connectivity index (χ0v) is 18.4. The molecule has 0 amide bonds. The molecule has 168 valence electrons. The number of ether oxygens (including phenoxy) is 2. The van der Waals surface area contributed by atoms with Gasteiger partial charge in [0.2, 0.25) is 0 Å². The van der Waals surface area contributed by atoms with Crippen LogP contribution in [0.25, 0.3) is 11.4 Å². The van der Waals surface area contributed by atoms with E-state index >= 15 is 0 Å². The quantitative estimate of drug-likeness (QED) is 0.235. The van der Waals surface area contributed by atoms with Crippen LogP contribution in [0.5, 0.6) is 11.5 Å². The smallest absolute Gasteiger partial charge is 0.333 e. The van der Waals surface area contributed by atoms with E-state index in [1.165, 1.54) is 44.8 Å². The molecule has 0 bridgehead atoms. The predicted molar refractivity (Wildman–Crippen MR) is 120 cm³/mol. The van der Waals surface area contributed by atoms with Crippen molar-refractivity contribution in [3.63, 3.8) is 0 Å². The number of aromatic nitrogens is 3. The molecule has 0 saturated carbocycles. The standard InChI is InChI=1S/C24H33N3O4/c1-19(2)24(29)31-15-11-9-7-5-3-4-6-8-10-14-30-20-12-13-21(22(28)16-20)23-26-17-25-18-27-23/h12-13,16-18,28H,1,3-11,14-15H2,2H3. The summed E-state index contributed by atoms with van der Waals surface area (Å²) in [7, 11) is 0. The maximum Gasteiger partial charge on any atom is 0.333 e. The van der Waals surface area contributed by atoms with Crippen molar-refractivity contribution in [2.45, 2.75) is 64.7 Å². The van der Waals surface area contributed by atoms with Crippen LogP contribution in [0.3, 0.4) is 0 Å². The lowest BCUT2D eigenvalue weighted by Crippen LogP contribution is -2.05. The van der Waals surface area contributed by atoms with E-state index < -0.39 is 0 Å². The number of phenols is 1. The van der Waals surface area contributed by atoms with E-state index in [4.69, 9.17) is 9.47 Å². The highest BCUT2D eigenvalue weighted by molar-refractivity contribution is 5.86. The van der Waals surface area contributed by atoms with Gasteiger partial charge >= 0.3 is 5.97 Å². The molecule has 0 aliphatic rings. The normalized spacial score (nSPS) is 10.6. The van der Waals surface area contributed by atoms with Crippen LogP contribution in [-0.4, -0.2) is 39.2 Å². The van der Waals surface area contributed by atoms with Gasteiger partial charge in [-0.15, -0.1) is 0 Å². The highest BCUT2D eigenvalue weighted by Gasteiger charge is 2.08. The number of aromatic hydroxyl groups is 1. The van der Waals surface area contributed by atoms with Crippen molar-refractivity contribution in [3.05, 3.63) is 43.0 Å². The molecular formula is C24H33N3O4. The molecule has 2 rings (SSSR count). The number of nitrogens with zero attached hydrogens (tertiary/aromatic N) is 3. The first-order valence-electron chi connectivity index (χ1n) is 11.0. The third-order valence-electron chi connectivity index (χ3n) is 4.84. The molecule has 1 heterocycles. The Labute approximate surface area is 184 Å². The van der Waals surface area contributed by atoms with E-state index in [-0.39, 0.29) is 11.7 Å². The van der Waals surface area contributed by atoms with Crippen molar-refractivity contribution < 1.29 is 19.4 Å². The van der Waals surface area contributed by atoms with Crippen LogP contribution in [0.1, 0.15) is 64.7 Å². The van der Waals surface area contributed by atoms with Crippen LogP contribution in [0.2, 0.25) is 0 Å². The van der Waals surface area contributed by atoms with Gasteiger partial charge in [0.05, 0.1) is 18.8 Å². The average Bonchev–Trinajstić information content (AvgIpc) is 2.77. The summed E-state index contributed by atoms with van der Waals surface area (Å²) in [6.07, 6.45) is 13.0. The molecule has 0 spiro atoms. The lowest BCUT2D eigenvalue weighted by Gasteiger charge is -2.09. The fourth-order valence-corrected chi connectivity index (χ4v) is 3.09. The minimum atomic E-state index is -0.294. The first kappa shape index (κ1) is 24.3. The summed E-state index contributed by atoms with van der Waals surface area (Å²) in [6, 6.07) is 5.17. The Bertz CT molecular complexity index is 812. The lowest BCUT2D eigenvalue weighted by molar-refractivity contribution is -0.139. The third kappa shape index (κ3) is 9.59. The molecule has 0 unspecified atom stereocenters. The number of carbonyl (C=O) groups excluding carboxylic acids is 1. The molecule has 0 aliphatic carbocycles. The Morgan fingerprint density at radius 2 is 1.52 bits per heavy atom. The Morgan fingerprint density at radius 1 is 0.935 bits per heavy atom. The first-order chi connectivity index (χ1) is 15.1. The van der Waals surface area contributed by atoms with Gasteiger partial charge in [-0.1, -0.05) is 51.5 Å². The molecule has 0 atom stereocenters. The van der Waals surface area contributed by atoms with Gasteiger partial charge < -0.3 is 14.6 Å². The van der Waals surface area contributed by atoms with Gasteiger partial charge in [0.1, 0.15) is 24.2 Å². The average molecular weight is 428 g/mol. The molecule has 1 aromatic heterocycles. The Morgan fingerprint density at radius 3 is 2.10 bits per heavy atom. The topological polar surface area (TPSA) is 94.4 Å². The summed E-state index contributed by atoms with van der Waals surface area (Å²) in [5.74, 6) is 0.879. The largest absolute Gasteiger partial charge is 0.507 e. The predicted octanol–water partition coefficient (Wildman–Crippen LogP) is 5.25. The molecule has 2 aromatic rings. The van der Waals surface area contributed by atoms with Crippen molar-refractivity contribution in [1.82, 2.24) is 15.0 Å². The van der Waals surface area contributed by atoms with Crippen molar-refractivity contribution in [1.29, 1.82) is 0 Å². The Kier molecular flexibility index (Phi) is 11.1. The second-order valence-corrected chi connectivity index (χ2v) is 7.59. The van der Waals surface area contributed by atoms with Gasteiger partial charge in [-0.05, 0) is 31.9 Å².